The number of benzene rings is 1. The summed E-state index contributed by atoms with van der Waals surface area (Å²) in [6.45, 7) is 9.12. The third-order valence-electron chi connectivity index (χ3n) is 3.38. The molecule has 2 rings (SSSR count). The molecule has 0 saturated heterocycles. The van der Waals surface area contributed by atoms with Gasteiger partial charge in [-0.2, -0.15) is 0 Å². The summed E-state index contributed by atoms with van der Waals surface area (Å²) in [5.74, 6) is 0. The molecule has 1 heterocycles. The number of rotatable bonds is 1. The zero-order chi connectivity index (χ0) is 11.1. The van der Waals surface area contributed by atoms with E-state index in [-0.39, 0.29) is 0 Å². The van der Waals surface area contributed by atoms with Crippen molar-refractivity contribution in [2.75, 3.05) is 5.32 Å². The molecule has 0 fully saturated rings. The molecule has 0 saturated carbocycles. The SMILES string of the molecule is CCc1ccc2c(c1)CC(C(C)(C)C)N2. The van der Waals surface area contributed by atoms with E-state index < -0.39 is 0 Å². The Morgan fingerprint density at radius 1 is 1.33 bits per heavy atom. The van der Waals surface area contributed by atoms with Crippen molar-refractivity contribution < 1.29 is 0 Å². The standard InChI is InChI=1S/C14H21N/c1-5-10-6-7-12-11(8-10)9-13(15-12)14(2,3)4/h6-8,13,15H,5,9H2,1-4H3. The van der Waals surface area contributed by atoms with Crippen molar-refractivity contribution in [3.8, 4) is 0 Å². The lowest BCUT2D eigenvalue weighted by Crippen LogP contribution is -2.31. The minimum atomic E-state index is 0.339. The average molecular weight is 203 g/mol. The number of fused-ring (bicyclic) bond motifs is 1. The summed E-state index contributed by atoms with van der Waals surface area (Å²) in [5, 5.41) is 3.63. The average Bonchev–Trinajstić information content (AvgIpc) is 2.59. The van der Waals surface area contributed by atoms with E-state index in [0.717, 1.165) is 6.42 Å². The molecule has 1 aromatic carbocycles. The molecular weight excluding hydrogens is 182 g/mol. The van der Waals surface area contributed by atoms with Gasteiger partial charge in [-0.1, -0.05) is 39.8 Å². The predicted molar refractivity (Wildman–Crippen MR) is 66.4 cm³/mol. The van der Waals surface area contributed by atoms with Crippen LogP contribution in [0, 0.1) is 5.41 Å². The minimum Gasteiger partial charge on any atom is -0.381 e. The van der Waals surface area contributed by atoms with E-state index in [1.54, 1.807) is 0 Å². The van der Waals surface area contributed by atoms with Crippen LogP contribution in [0.2, 0.25) is 0 Å². The van der Waals surface area contributed by atoms with Crippen LogP contribution in [-0.2, 0) is 12.8 Å². The first-order chi connectivity index (χ1) is 7.00. The van der Waals surface area contributed by atoms with E-state index in [4.69, 9.17) is 0 Å². The monoisotopic (exact) mass is 203 g/mol. The van der Waals surface area contributed by atoms with Crippen molar-refractivity contribution in [1.29, 1.82) is 0 Å². The van der Waals surface area contributed by atoms with Gasteiger partial charge in [0.05, 0.1) is 0 Å². The number of hydrogen-bond donors (Lipinski definition) is 1. The second kappa shape index (κ2) is 3.55. The number of anilines is 1. The first kappa shape index (κ1) is 10.5. The lowest BCUT2D eigenvalue weighted by molar-refractivity contribution is 0.347. The summed E-state index contributed by atoms with van der Waals surface area (Å²) in [7, 11) is 0. The molecule has 0 bridgehead atoms. The van der Waals surface area contributed by atoms with Gasteiger partial charge in [0.15, 0.2) is 0 Å². The van der Waals surface area contributed by atoms with E-state index in [1.165, 1.54) is 23.2 Å². The Hall–Kier alpha value is -0.980. The van der Waals surface area contributed by atoms with E-state index in [0.29, 0.717) is 11.5 Å². The van der Waals surface area contributed by atoms with Gasteiger partial charge in [-0.25, -0.2) is 0 Å². The molecule has 1 heteroatoms. The molecule has 1 nitrogen and oxygen atoms in total. The largest absolute Gasteiger partial charge is 0.381 e. The van der Waals surface area contributed by atoms with Gasteiger partial charge in [0.1, 0.15) is 0 Å². The van der Waals surface area contributed by atoms with Crippen LogP contribution in [0.1, 0.15) is 38.8 Å². The fourth-order valence-corrected chi connectivity index (χ4v) is 2.16. The molecule has 1 aliphatic rings. The van der Waals surface area contributed by atoms with Crippen LogP contribution in [0.15, 0.2) is 18.2 Å². The zero-order valence-electron chi connectivity index (χ0n) is 10.2. The third-order valence-corrected chi connectivity index (χ3v) is 3.38. The fraction of sp³-hybridized carbons (Fsp3) is 0.571. The van der Waals surface area contributed by atoms with Crippen molar-refractivity contribution in [3.63, 3.8) is 0 Å². The molecule has 0 radical (unpaired) electrons. The molecule has 15 heavy (non-hydrogen) atoms. The van der Waals surface area contributed by atoms with Crippen LogP contribution in [0.4, 0.5) is 5.69 Å². The van der Waals surface area contributed by atoms with Crippen molar-refractivity contribution in [3.05, 3.63) is 29.3 Å². The van der Waals surface area contributed by atoms with E-state index in [1.807, 2.05) is 0 Å². The van der Waals surface area contributed by atoms with Crippen LogP contribution in [0.3, 0.4) is 0 Å². The van der Waals surface area contributed by atoms with Crippen LogP contribution in [0.5, 0.6) is 0 Å². The van der Waals surface area contributed by atoms with Crippen LogP contribution in [0.25, 0.3) is 0 Å². The smallest absolute Gasteiger partial charge is 0.0376 e. The Morgan fingerprint density at radius 2 is 2.07 bits per heavy atom. The highest BCUT2D eigenvalue weighted by Crippen LogP contribution is 2.34. The Labute approximate surface area is 92.9 Å². The molecule has 1 aromatic rings. The van der Waals surface area contributed by atoms with E-state index in [2.05, 4.69) is 51.2 Å². The minimum absolute atomic E-state index is 0.339. The maximum atomic E-state index is 3.63. The maximum absolute atomic E-state index is 3.63. The molecule has 0 spiro atoms. The Bertz CT molecular complexity index is 360. The zero-order valence-corrected chi connectivity index (χ0v) is 10.2. The quantitative estimate of drug-likeness (QED) is 0.735. The van der Waals surface area contributed by atoms with Gasteiger partial charge in [0.2, 0.25) is 0 Å². The lowest BCUT2D eigenvalue weighted by Gasteiger charge is -2.27. The van der Waals surface area contributed by atoms with Gasteiger partial charge in [0.25, 0.3) is 0 Å². The van der Waals surface area contributed by atoms with Crippen molar-refractivity contribution >= 4 is 5.69 Å². The maximum Gasteiger partial charge on any atom is 0.0376 e. The highest BCUT2D eigenvalue weighted by molar-refractivity contribution is 5.58. The second-order valence-corrected chi connectivity index (χ2v) is 5.61. The Kier molecular flexibility index (Phi) is 2.49. The second-order valence-electron chi connectivity index (χ2n) is 5.61. The van der Waals surface area contributed by atoms with Crippen LogP contribution in [-0.4, -0.2) is 6.04 Å². The molecule has 1 aliphatic heterocycles. The number of nitrogens with one attached hydrogen (secondary N) is 1. The van der Waals surface area contributed by atoms with Gasteiger partial charge in [-0.15, -0.1) is 0 Å². The summed E-state index contributed by atoms with van der Waals surface area (Å²) < 4.78 is 0. The van der Waals surface area contributed by atoms with Crippen molar-refractivity contribution in [2.24, 2.45) is 5.41 Å². The van der Waals surface area contributed by atoms with Gasteiger partial charge in [-0.3, -0.25) is 0 Å². The van der Waals surface area contributed by atoms with Gasteiger partial charge in [0, 0.05) is 11.7 Å². The summed E-state index contributed by atoms with van der Waals surface area (Å²) in [6.07, 6.45) is 2.31. The molecule has 0 aliphatic carbocycles. The predicted octanol–water partition coefficient (Wildman–Crippen LogP) is 3.63. The fourth-order valence-electron chi connectivity index (χ4n) is 2.16. The molecule has 0 amide bonds. The molecular formula is C14H21N. The topological polar surface area (TPSA) is 12.0 Å². The summed E-state index contributed by atoms with van der Waals surface area (Å²) in [6, 6.07) is 7.41. The lowest BCUT2D eigenvalue weighted by atomic mass is 9.85. The molecule has 1 unspecified atom stereocenters. The Morgan fingerprint density at radius 3 is 2.67 bits per heavy atom. The number of aryl methyl sites for hydroxylation is 1. The van der Waals surface area contributed by atoms with Gasteiger partial charge < -0.3 is 5.32 Å². The van der Waals surface area contributed by atoms with Crippen molar-refractivity contribution in [2.45, 2.75) is 46.6 Å². The van der Waals surface area contributed by atoms with Gasteiger partial charge in [-0.05, 0) is 35.4 Å². The molecule has 1 N–H and O–H groups in total. The summed E-state index contributed by atoms with van der Waals surface area (Å²) in [4.78, 5) is 0. The van der Waals surface area contributed by atoms with Crippen LogP contribution >= 0.6 is 0 Å². The summed E-state index contributed by atoms with van der Waals surface area (Å²) >= 11 is 0. The highest BCUT2D eigenvalue weighted by atomic mass is 15.0. The van der Waals surface area contributed by atoms with E-state index in [9.17, 15) is 0 Å². The summed E-state index contributed by atoms with van der Waals surface area (Å²) in [5.41, 5.74) is 4.62. The van der Waals surface area contributed by atoms with Gasteiger partial charge >= 0.3 is 0 Å². The third kappa shape index (κ3) is 2.01. The first-order valence-electron chi connectivity index (χ1n) is 5.89. The normalized spacial score (nSPS) is 19.9. The number of hydrogen-bond acceptors (Lipinski definition) is 1. The molecule has 1 atom stereocenters. The first-order valence-corrected chi connectivity index (χ1v) is 5.89. The van der Waals surface area contributed by atoms with Crippen LogP contribution < -0.4 is 5.32 Å². The molecule has 82 valence electrons. The molecule has 0 aromatic heterocycles. The van der Waals surface area contributed by atoms with E-state index >= 15 is 0 Å². The Balaban J connectivity index is 2.24. The highest BCUT2D eigenvalue weighted by Gasteiger charge is 2.30. The van der Waals surface area contributed by atoms with Crippen molar-refractivity contribution in [1.82, 2.24) is 0 Å².